The van der Waals surface area contributed by atoms with E-state index in [9.17, 15) is 29.4 Å². The maximum Gasteiger partial charge on any atom is 0.328 e. The summed E-state index contributed by atoms with van der Waals surface area (Å²) in [5.41, 5.74) is 5.83. The second-order valence-corrected chi connectivity index (χ2v) is 6.02. The number of aliphatic hydroxyl groups excluding tert-OH is 2. The molecular weight excluding hydrogens is 388 g/mol. The number of carbonyl (C=O) groups excluding carboxylic acids is 3. The lowest BCUT2D eigenvalue weighted by Gasteiger charge is -2.23. The van der Waals surface area contributed by atoms with Gasteiger partial charge < -0.3 is 42.1 Å². The highest BCUT2D eigenvalue weighted by molar-refractivity contribution is 5.93. The van der Waals surface area contributed by atoms with E-state index in [0.29, 0.717) is 5.56 Å². The average molecular weight is 412 g/mol. The predicted octanol–water partition coefficient (Wildman–Crippen LogP) is -3.58. The quantitative estimate of drug-likeness (QED) is 0.180. The number of hydrogen-bond acceptors (Lipinski definition) is 8. The number of carboxylic acids is 1. The van der Waals surface area contributed by atoms with Gasteiger partial charge in [0.15, 0.2) is 0 Å². The van der Waals surface area contributed by atoms with Crippen molar-refractivity contribution in [3.05, 3.63) is 29.8 Å². The van der Waals surface area contributed by atoms with Gasteiger partial charge in [-0.3, -0.25) is 14.4 Å². The molecular formula is C17H24N4O8. The molecule has 1 rings (SSSR count). The number of aliphatic carboxylic acids is 1. The molecule has 160 valence electrons. The van der Waals surface area contributed by atoms with Crippen LogP contribution in [-0.4, -0.2) is 82.0 Å². The van der Waals surface area contributed by atoms with Crippen LogP contribution in [0.3, 0.4) is 0 Å². The van der Waals surface area contributed by atoms with Crippen molar-refractivity contribution in [1.82, 2.24) is 16.0 Å². The number of aliphatic hydroxyl groups is 2. The molecule has 1 aromatic carbocycles. The van der Waals surface area contributed by atoms with Crippen LogP contribution in [0, 0.1) is 0 Å². The number of phenols is 1. The lowest BCUT2D eigenvalue weighted by Crippen LogP contribution is -2.58. The number of carboxylic acid groups (broad SMARTS) is 1. The molecule has 0 saturated heterocycles. The van der Waals surface area contributed by atoms with Crippen molar-refractivity contribution in [3.8, 4) is 5.75 Å². The fourth-order valence-corrected chi connectivity index (χ4v) is 2.25. The number of nitrogens with two attached hydrogens (primary N) is 1. The number of aromatic hydroxyl groups is 1. The highest BCUT2D eigenvalue weighted by Gasteiger charge is 2.29. The maximum absolute atomic E-state index is 12.6. The van der Waals surface area contributed by atoms with Gasteiger partial charge in [-0.1, -0.05) is 12.1 Å². The molecule has 3 amide bonds. The third kappa shape index (κ3) is 7.73. The van der Waals surface area contributed by atoms with Gasteiger partial charge in [0.05, 0.1) is 19.8 Å². The summed E-state index contributed by atoms with van der Waals surface area (Å²) in [6.07, 6.45) is -0.00792. The summed E-state index contributed by atoms with van der Waals surface area (Å²) in [7, 11) is 0. The Bertz CT molecular complexity index is 725. The Labute approximate surface area is 165 Å². The van der Waals surface area contributed by atoms with E-state index in [-0.39, 0.29) is 18.7 Å². The molecule has 0 aromatic heterocycles. The summed E-state index contributed by atoms with van der Waals surface area (Å²) in [5, 5.41) is 43.1. The van der Waals surface area contributed by atoms with Crippen LogP contribution in [0.2, 0.25) is 0 Å². The minimum Gasteiger partial charge on any atom is -0.508 e. The van der Waals surface area contributed by atoms with Crippen molar-refractivity contribution in [2.45, 2.75) is 24.5 Å². The smallest absolute Gasteiger partial charge is 0.328 e. The fourth-order valence-electron chi connectivity index (χ4n) is 2.25. The second-order valence-electron chi connectivity index (χ2n) is 6.02. The minimum atomic E-state index is -1.61. The summed E-state index contributed by atoms with van der Waals surface area (Å²) in [6, 6.07) is 1.54. The van der Waals surface area contributed by atoms with Crippen molar-refractivity contribution < 1.29 is 39.6 Å². The zero-order valence-corrected chi connectivity index (χ0v) is 15.4. The summed E-state index contributed by atoms with van der Waals surface area (Å²) in [5.74, 6) is -3.99. The molecule has 0 radical (unpaired) electrons. The zero-order chi connectivity index (χ0) is 22.0. The highest BCUT2D eigenvalue weighted by atomic mass is 16.4. The summed E-state index contributed by atoms with van der Waals surface area (Å²) < 4.78 is 0. The normalized spacial score (nSPS) is 13.6. The van der Waals surface area contributed by atoms with E-state index in [4.69, 9.17) is 15.9 Å². The third-order valence-corrected chi connectivity index (χ3v) is 3.83. The van der Waals surface area contributed by atoms with Gasteiger partial charge in [0, 0.05) is 6.42 Å². The van der Waals surface area contributed by atoms with Crippen LogP contribution in [0.25, 0.3) is 0 Å². The highest BCUT2D eigenvalue weighted by Crippen LogP contribution is 2.11. The number of rotatable bonds is 11. The number of hydrogen-bond donors (Lipinski definition) is 8. The van der Waals surface area contributed by atoms with Crippen molar-refractivity contribution in [1.29, 1.82) is 0 Å². The Balaban J connectivity index is 2.89. The molecule has 0 aliphatic heterocycles. The fraction of sp³-hybridized carbons (Fsp3) is 0.412. The molecule has 3 atom stereocenters. The van der Waals surface area contributed by atoms with Gasteiger partial charge in [-0.2, -0.15) is 0 Å². The zero-order valence-electron chi connectivity index (χ0n) is 15.4. The largest absolute Gasteiger partial charge is 0.508 e. The van der Waals surface area contributed by atoms with Crippen LogP contribution in [0.15, 0.2) is 24.3 Å². The molecule has 0 fully saturated rings. The molecule has 9 N–H and O–H groups in total. The number of benzene rings is 1. The Morgan fingerprint density at radius 1 is 0.862 bits per heavy atom. The van der Waals surface area contributed by atoms with Crippen molar-refractivity contribution in [3.63, 3.8) is 0 Å². The number of nitrogens with one attached hydrogen (secondary N) is 3. The lowest BCUT2D eigenvalue weighted by molar-refractivity contribution is -0.143. The van der Waals surface area contributed by atoms with Crippen LogP contribution < -0.4 is 21.7 Å². The SMILES string of the molecule is NCC(=O)NC(Cc1ccc(O)cc1)C(=O)NC(CO)C(=O)NC(CO)C(=O)O. The molecule has 29 heavy (non-hydrogen) atoms. The summed E-state index contributed by atoms with van der Waals surface area (Å²) in [6.45, 7) is -2.13. The first-order valence-corrected chi connectivity index (χ1v) is 8.54. The number of carbonyl (C=O) groups is 4. The summed E-state index contributed by atoms with van der Waals surface area (Å²) in [4.78, 5) is 47.2. The lowest BCUT2D eigenvalue weighted by atomic mass is 10.0. The maximum atomic E-state index is 12.6. The van der Waals surface area contributed by atoms with Crippen molar-refractivity contribution in [2.24, 2.45) is 5.73 Å². The van der Waals surface area contributed by atoms with Gasteiger partial charge in [0.25, 0.3) is 0 Å². The monoisotopic (exact) mass is 412 g/mol. The minimum absolute atomic E-state index is 0.00792. The molecule has 0 spiro atoms. The number of amides is 3. The van der Waals surface area contributed by atoms with Crippen LogP contribution in [0.4, 0.5) is 0 Å². The van der Waals surface area contributed by atoms with Gasteiger partial charge in [-0.15, -0.1) is 0 Å². The van der Waals surface area contributed by atoms with E-state index >= 15 is 0 Å². The van der Waals surface area contributed by atoms with E-state index in [2.05, 4.69) is 10.6 Å². The molecule has 3 unspecified atom stereocenters. The van der Waals surface area contributed by atoms with Crippen LogP contribution >= 0.6 is 0 Å². The van der Waals surface area contributed by atoms with Crippen molar-refractivity contribution in [2.75, 3.05) is 19.8 Å². The first-order valence-electron chi connectivity index (χ1n) is 8.54. The first-order chi connectivity index (χ1) is 13.7. The molecule has 0 heterocycles. The Kier molecular flexibility index (Phi) is 9.51. The molecule has 0 aliphatic carbocycles. The van der Waals surface area contributed by atoms with Gasteiger partial charge in [-0.25, -0.2) is 4.79 Å². The first kappa shape index (κ1) is 23.8. The predicted molar refractivity (Wildman–Crippen MR) is 98.5 cm³/mol. The molecule has 0 aliphatic rings. The standard InChI is InChI=1S/C17H24N4O8/c18-6-14(25)19-11(5-9-1-3-10(24)4-2-9)15(26)20-12(7-22)16(27)21-13(8-23)17(28)29/h1-4,11-13,22-24H,5-8,18H2,(H,19,25)(H,20,26)(H,21,27)(H,28,29). The topological polar surface area (TPSA) is 211 Å². The summed E-state index contributed by atoms with van der Waals surface area (Å²) >= 11 is 0. The Morgan fingerprint density at radius 3 is 1.86 bits per heavy atom. The van der Waals surface area contributed by atoms with Gasteiger partial charge >= 0.3 is 5.97 Å². The molecule has 0 saturated carbocycles. The van der Waals surface area contributed by atoms with Crippen LogP contribution in [0.5, 0.6) is 5.75 Å². The van der Waals surface area contributed by atoms with E-state index in [0.717, 1.165) is 0 Å². The van der Waals surface area contributed by atoms with E-state index in [1.165, 1.54) is 24.3 Å². The third-order valence-electron chi connectivity index (χ3n) is 3.83. The molecule has 12 nitrogen and oxygen atoms in total. The number of phenolic OH excluding ortho intramolecular Hbond substituents is 1. The van der Waals surface area contributed by atoms with Crippen LogP contribution in [-0.2, 0) is 25.6 Å². The van der Waals surface area contributed by atoms with E-state index in [1.54, 1.807) is 0 Å². The second kappa shape index (κ2) is 11.6. The molecule has 12 heteroatoms. The van der Waals surface area contributed by atoms with Crippen LogP contribution in [0.1, 0.15) is 5.56 Å². The van der Waals surface area contributed by atoms with Gasteiger partial charge in [-0.05, 0) is 17.7 Å². The van der Waals surface area contributed by atoms with Crippen molar-refractivity contribution >= 4 is 23.7 Å². The van der Waals surface area contributed by atoms with E-state index in [1.807, 2.05) is 5.32 Å². The molecule has 0 bridgehead atoms. The van der Waals surface area contributed by atoms with Gasteiger partial charge in [0.2, 0.25) is 17.7 Å². The van der Waals surface area contributed by atoms with Gasteiger partial charge in [0.1, 0.15) is 23.9 Å². The molecule has 1 aromatic rings. The Morgan fingerprint density at radius 2 is 1.38 bits per heavy atom. The Hall–Kier alpha value is -3.22. The van der Waals surface area contributed by atoms with E-state index < -0.39 is 55.0 Å². The average Bonchev–Trinajstić information content (AvgIpc) is 2.70.